The fourth-order valence-electron chi connectivity index (χ4n) is 13.6. The lowest BCUT2D eigenvalue weighted by atomic mass is 9.62. The molecule has 386 valence electrons. The van der Waals surface area contributed by atoms with Gasteiger partial charge < -0.3 is 9.80 Å². The summed E-state index contributed by atoms with van der Waals surface area (Å²) in [7, 11) is -3.12. The molecule has 15 rings (SSSR count). The Labute approximate surface area is 481 Å². The van der Waals surface area contributed by atoms with Crippen molar-refractivity contribution in [3.8, 4) is 44.5 Å². The van der Waals surface area contributed by atoms with Crippen LogP contribution in [0.1, 0.15) is 22.3 Å². The first-order valence-corrected chi connectivity index (χ1v) is 30.4. The fraction of sp³-hybridized carbons (Fsp3) is 0.0127. The molecule has 2 aliphatic rings. The molecule has 0 unspecified atom stereocenters. The molecule has 0 fully saturated rings. The molecule has 3 heteroatoms. The zero-order valence-electron chi connectivity index (χ0n) is 45.2. The molecule has 0 aliphatic carbocycles. The summed E-state index contributed by atoms with van der Waals surface area (Å²) < 4.78 is 0. The third kappa shape index (κ3) is 7.92. The van der Waals surface area contributed by atoms with Gasteiger partial charge in [-0.25, -0.2) is 0 Å². The zero-order chi connectivity index (χ0) is 54.5. The highest BCUT2D eigenvalue weighted by atomic mass is 28.3. The van der Waals surface area contributed by atoms with Crippen molar-refractivity contribution in [3.05, 3.63) is 362 Å². The standard InChI is InChI=1S/C79H56N2Si/c1-9-26-57(27-10-1)61-44-48-73-71(52-61)79(65-34-17-5-18-35-65,66-36-19-6-20-37-66)72-53-62(58-28-11-2-12-29-58)45-49-74(72)80(73)67-38-25-39-68(56-67)81-75-50-46-63(59-30-13-3-14-31-59)54-77(75)82(69-40-21-7-22-41-69,70-42-23-8-24-43-70)78-55-64(47-51-76(78)81)60-32-15-4-16-33-60/h1-56H. The van der Waals surface area contributed by atoms with Crippen molar-refractivity contribution in [2.75, 3.05) is 9.80 Å². The Kier molecular flexibility index (Phi) is 12.1. The van der Waals surface area contributed by atoms with Crippen LogP contribution in [-0.4, -0.2) is 8.07 Å². The van der Waals surface area contributed by atoms with Crippen molar-refractivity contribution < 1.29 is 0 Å². The van der Waals surface area contributed by atoms with Crippen LogP contribution in [-0.2, 0) is 5.41 Å². The molecule has 13 aromatic rings. The molecule has 2 aliphatic heterocycles. The van der Waals surface area contributed by atoms with E-state index in [9.17, 15) is 0 Å². The topological polar surface area (TPSA) is 6.48 Å². The Hall–Kier alpha value is -10.3. The molecular formula is C79H56N2Si. The molecule has 82 heavy (non-hydrogen) atoms. The Bertz CT molecular complexity index is 3870. The smallest absolute Gasteiger partial charge is 0.184 e. The molecule has 0 atom stereocenters. The second kappa shape index (κ2) is 20.4. The van der Waals surface area contributed by atoms with Gasteiger partial charge in [0.2, 0.25) is 0 Å². The van der Waals surface area contributed by atoms with Crippen LogP contribution in [0.15, 0.2) is 340 Å². The minimum Gasteiger partial charge on any atom is -0.311 e. The highest BCUT2D eigenvalue weighted by Crippen LogP contribution is 2.59. The largest absolute Gasteiger partial charge is 0.311 e. The van der Waals surface area contributed by atoms with Crippen LogP contribution < -0.4 is 30.5 Å². The van der Waals surface area contributed by atoms with Crippen molar-refractivity contribution in [1.82, 2.24) is 0 Å². The zero-order valence-corrected chi connectivity index (χ0v) is 46.2. The van der Waals surface area contributed by atoms with Gasteiger partial charge in [-0.3, -0.25) is 0 Å². The summed E-state index contributed by atoms with van der Waals surface area (Å²) in [4.78, 5) is 5.10. The van der Waals surface area contributed by atoms with Gasteiger partial charge in [0.15, 0.2) is 8.07 Å². The lowest BCUT2D eigenvalue weighted by Gasteiger charge is -2.47. The van der Waals surface area contributed by atoms with Gasteiger partial charge in [0.25, 0.3) is 0 Å². The highest BCUT2D eigenvalue weighted by molar-refractivity contribution is 7.21. The number of hydrogen-bond donors (Lipinski definition) is 0. The van der Waals surface area contributed by atoms with Gasteiger partial charge >= 0.3 is 0 Å². The lowest BCUT2D eigenvalue weighted by molar-refractivity contribution is 0.732. The number of hydrogen-bond acceptors (Lipinski definition) is 2. The van der Waals surface area contributed by atoms with Gasteiger partial charge in [0.05, 0.1) is 16.8 Å². The maximum atomic E-state index is 2.57. The predicted molar refractivity (Wildman–Crippen MR) is 347 cm³/mol. The summed E-state index contributed by atoms with van der Waals surface area (Å²) in [6, 6.07) is 127. The van der Waals surface area contributed by atoms with Gasteiger partial charge in [0, 0.05) is 22.7 Å². The number of nitrogens with zero attached hydrogens (tertiary/aromatic N) is 2. The molecule has 2 heterocycles. The maximum absolute atomic E-state index is 3.12. The first-order chi connectivity index (χ1) is 40.7. The molecule has 0 N–H and O–H groups in total. The molecular weight excluding hydrogens is 1000 g/mol. The average Bonchev–Trinajstić information content (AvgIpc) is 1.93. The van der Waals surface area contributed by atoms with Crippen LogP contribution in [0, 0.1) is 0 Å². The van der Waals surface area contributed by atoms with E-state index in [4.69, 9.17) is 0 Å². The van der Waals surface area contributed by atoms with E-state index in [1.54, 1.807) is 0 Å². The minimum absolute atomic E-state index is 0.711. The minimum atomic E-state index is -3.12. The van der Waals surface area contributed by atoms with Gasteiger partial charge in [-0.05, 0) is 142 Å². The second-order valence-electron chi connectivity index (χ2n) is 21.5. The normalized spacial score (nSPS) is 13.5. The Morgan fingerprint density at radius 2 is 0.512 bits per heavy atom. The van der Waals surface area contributed by atoms with Crippen molar-refractivity contribution >= 4 is 62.9 Å². The molecule has 0 bridgehead atoms. The van der Waals surface area contributed by atoms with Crippen LogP contribution in [0.3, 0.4) is 0 Å². The monoisotopic (exact) mass is 1060 g/mol. The summed E-state index contributed by atoms with van der Waals surface area (Å²) in [6.07, 6.45) is 0. The molecule has 0 spiro atoms. The van der Waals surface area contributed by atoms with Gasteiger partial charge in [0.1, 0.15) is 0 Å². The van der Waals surface area contributed by atoms with Crippen LogP contribution in [0.2, 0.25) is 0 Å². The third-order valence-corrected chi connectivity index (χ3v) is 22.0. The summed E-state index contributed by atoms with van der Waals surface area (Å²) in [5.41, 5.74) is 20.4. The van der Waals surface area contributed by atoms with Crippen molar-refractivity contribution in [1.29, 1.82) is 0 Å². The predicted octanol–water partition coefficient (Wildman–Crippen LogP) is 17.7. The van der Waals surface area contributed by atoms with Crippen molar-refractivity contribution in [3.63, 3.8) is 0 Å². The second-order valence-corrected chi connectivity index (χ2v) is 25.3. The van der Waals surface area contributed by atoms with Crippen LogP contribution >= 0.6 is 0 Å². The summed E-state index contributed by atoms with van der Waals surface area (Å²) >= 11 is 0. The number of anilines is 6. The fourth-order valence-corrected chi connectivity index (χ4v) is 18.7. The quantitative estimate of drug-likeness (QED) is 0.126. The number of fused-ring (bicyclic) bond motifs is 4. The van der Waals surface area contributed by atoms with Crippen LogP contribution in [0.25, 0.3) is 44.5 Å². The molecule has 0 amide bonds. The Morgan fingerprint density at radius 3 is 0.866 bits per heavy atom. The maximum Gasteiger partial charge on any atom is 0.184 e. The molecule has 2 nitrogen and oxygen atoms in total. The Morgan fingerprint density at radius 1 is 0.220 bits per heavy atom. The van der Waals surface area contributed by atoms with E-state index < -0.39 is 13.5 Å². The van der Waals surface area contributed by atoms with E-state index in [0.717, 1.165) is 22.7 Å². The first-order valence-electron chi connectivity index (χ1n) is 28.4. The molecule has 0 saturated carbocycles. The summed E-state index contributed by atoms with van der Waals surface area (Å²) in [5, 5.41) is 5.39. The Balaban J connectivity index is 1.02. The van der Waals surface area contributed by atoms with E-state index in [2.05, 4.69) is 350 Å². The van der Waals surface area contributed by atoms with E-state index >= 15 is 0 Å². The number of benzene rings is 13. The van der Waals surface area contributed by atoms with E-state index in [1.165, 1.54) is 98.9 Å². The lowest BCUT2D eigenvalue weighted by Crippen LogP contribution is -2.77. The van der Waals surface area contributed by atoms with Crippen molar-refractivity contribution in [2.24, 2.45) is 0 Å². The molecule has 13 aromatic carbocycles. The molecule has 0 radical (unpaired) electrons. The van der Waals surface area contributed by atoms with E-state index in [-0.39, 0.29) is 0 Å². The average molecular weight is 1060 g/mol. The van der Waals surface area contributed by atoms with Gasteiger partial charge in [-0.2, -0.15) is 0 Å². The SMILES string of the molecule is c1ccc(-c2ccc3c(c2)C(c2ccccc2)(c2ccccc2)c2cc(-c4ccccc4)ccc2N3c2cccc(N3c4ccc(-c5ccccc5)cc4[Si](c4ccccc4)(c4ccccc4)c4cc(-c5ccccc5)ccc43)c2)cc1. The van der Waals surface area contributed by atoms with Crippen LogP contribution in [0.5, 0.6) is 0 Å². The highest BCUT2D eigenvalue weighted by Gasteiger charge is 2.50. The van der Waals surface area contributed by atoms with Gasteiger partial charge in [-0.15, -0.1) is 0 Å². The molecule has 0 saturated heterocycles. The summed E-state index contributed by atoms with van der Waals surface area (Å²) in [6.45, 7) is 0. The van der Waals surface area contributed by atoms with E-state index in [0.29, 0.717) is 0 Å². The van der Waals surface area contributed by atoms with Gasteiger partial charge in [-0.1, -0.05) is 285 Å². The third-order valence-electron chi connectivity index (χ3n) is 17.2. The first kappa shape index (κ1) is 48.8. The van der Waals surface area contributed by atoms with Crippen LogP contribution in [0.4, 0.5) is 34.1 Å². The van der Waals surface area contributed by atoms with E-state index in [1.807, 2.05) is 0 Å². The number of rotatable bonds is 10. The van der Waals surface area contributed by atoms with Crippen molar-refractivity contribution in [2.45, 2.75) is 5.41 Å². The summed E-state index contributed by atoms with van der Waals surface area (Å²) in [5.74, 6) is 0. The molecule has 0 aromatic heterocycles.